The number of esters is 1. The smallest absolute Gasteiger partial charge is 0.326 e. The minimum atomic E-state index is -3.49. The number of halogens is 1. The van der Waals surface area contributed by atoms with Gasteiger partial charge in [-0.25, -0.2) is 8.42 Å². The Morgan fingerprint density at radius 3 is 2.38 bits per heavy atom. The van der Waals surface area contributed by atoms with Gasteiger partial charge in [-0.05, 0) is 55.8 Å². The van der Waals surface area contributed by atoms with Gasteiger partial charge in [0, 0.05) is 21.6 Å². The maximum atomic E-state index is 12.2. The second-order valence-corrected chi connectivity index (χ2v) is 9.64. The lowest BCUT2D eigenvalue weighted by Gasteiger charge is -2.19. The van der Waals surface area contributed by atoms with E-state index in [2.05, 4.69) is 20.7 Å². The van der Waals surface area contributed by atoms with Crippen LogP contribution < -0.4 is 4.72 Å². The van der Waals surface area contributed by atoms with Gasteiger partial charge in [0.2, 0.25) is 10.0 Å². The number of anilines is 1. The molecule has 0 aliphatic rings. The molecule has 0 radical (unpaired) electrons. The molecule has 0 saturated heterocycles. The number of ketones is 1. The molecule has 0 spiro atoms. The molecule has 142 valence electrons. The molecule has 2 aromatic rings. The average Bonchev–Trinajstić information content (AvgIpc) is 2.73. The molecule has 0 bridgehead atoms. The van der Waals surface area contributed by atoms with Crippen LogP contribution >= 0.6 is 15.9 Å². The predicted molar refractivity (Wildman–Crippen MR) is 104 cm³/mol. The van der Waals surface area contributed by atoms with Gasteiger partial charge in [0.05, 0.1) is 17.5 Å². The van der Waals surface area contributed by atoms with Gasteiger partial charge in [0.25, 0.3) is 0 Å². The lowest BCUT2D eigenvalue weighted by molar-refractivity contribution is -0.155. The Balaban J connectivity index is 2.57. The van der Waals surface area contributed by atoms with Crippen molar-refractivity contribution >= 4 is 54.3 Å². The van der Waals surface area contributed by atoms with Crippen LogP contribution in [0.1, 0.15) is 38.1 Å². The molecule has 1 aromatic carbocycles. The van der Waals surface area contributed by atoms with Crippen LogP contribution in [0, 0.1) is 0 Å². The van der Waals surface area contributed by atoms with Crippen molar-refractivity contribution in [1.29, 1.82) is 0 Å². The van der Waals surface area contributed by atoms with Gasteiger partial charge in [-0.15, -0.1) is 0 Å². The fourth-order valence-electron chi connectivity index (χ4n) is 2.51. The zero-order valence-electron chi connectivity index (χ0n) is 15.2. The number of sulfonamides is 1. The van der Waals surface area contributed by atoms with E-state index in [1.807, 2.05) is 0 Å². The van der Waals surface area contributed by atoms with E-state index in [0.717, 1.165) is 6.26 Å². The summed E-state index contributed by atoms with van der Waals surface area (Å²) >= 11 is 3.31. The molecule has 0 unspecified atom stereocenters. The molecule has 1 heterocycles. The minimum absolute atomic E-state index is 0.0962. The molecule has 0 fully saturated rings. The van der Waals surface area contributed by atoms with Gasteiger partial charge >= 0.3 is 5.97 Å². The number of fused-ring (bicyclic) bond motifs is 1. The van der Waals surface area contributed by atoms with Gasteiger partial charge in [-0.1, -0.05) is 0 Å². The number of carbonyl (C=O) groups excluding carboxylic acids is 2. The third-order valence-electron chi connectivity index (χ3n) is 3.36. The molecular formula is C17H21BrN2O5S. The Bertz CT molecular complexity index is 987. The highest BCUT2D eigenvalue weighted by Crippen LogP contribution is 2.32. The van der Waals surface area contributed by atoms with Crippen molar-refractivity contribution in [1.82, 2.24) is 4.57 Å². The van der Waals surface area contributed by atoms with Crippen molar-refractivity contribution < 1.29 is 22.7 Å². The van der Waals surface area contributed by atoms with E-state index in [4.69, 9.17) is 4.74 Å². The summed E-state index contributed by atoms with van der Waals surface area (Å²) in [6.07, 6.45) is 2.62. The number of ether oxygens (including phenoxy) is 1. The average molecular weight is 445 g/mol. The highest BCUT2D eigenvalue weighted by Gasteiger charge is 2.20. The number of rotatable bonds is 5. The van der Waals surface area contributed by atoms with Gasteiger partial charge < -0.3 is 9.30 Å². The number of benzene rings is 1. The van der Waals surface area contributed by atoms with E-state index < -0.39 is 21.6 Å². The second-order valence-electron chi connectivity index (χ2n) is 7.04. The Morgan fingerprint density at radius 2 is 1.88 bits per heavy atom. The van der Waals surface area contributed by atoms with E-state index >= 15 is 0 Å². The summed E-state index contributed by atoms with van der Waals surface area (Å²) in [5.41, 5.74) is 0.680. The SMILES string of the molecule is CC(=O)c1cn(CC(=O)OC(C)(C)C)c2cc(NS(C)(=O)=O)c(Br)cc12. The Labute approximate surface area is 160 Å². The summed E-state index contributed by atoms with van der Waals surface area (Å²) in [4.78, 5) is 24.1. The van der Waals surface area contributed by atoms with E-state index in [9.17, 15) is 18.0 Å². The number of nitrogens with one attached hydrogen (secondary N) is 1. The quantitative estimate of drug-likeness (QED) is 0.563. The summed E-state index contributed by atoms with van der Waals surface area (Å²) in [6, 6.07) is 3.24. The monoisotopic (exact) mass is 444 g/mol. The second kappa shape index (κ2) is 7.03. The van der Waals surface area contributed by atoms with Crippen LogP contribution in [0.2, 0.25) is 0 Å². The van der Waals surface area contributed by atoms with Crippen molar-refractivity contribution in [3.05, 3.63) is 28.4 Å². The largest absolute Gasteiger partial charge is 0.459 e. The molecule has 2 rings (SSSR count). The van der Waals surface area contributed by atoms with Crippen molar-refractivity contribution in [3.63, 3.8) is 0 Å². The zero-order valence-corrected chi connectivity index (χ0v) is 17.6. The number of hydrogen-bond acceptors (Lipinski definition) is 5. The van der Waals surface area contributed by atoms with Crippen LogP contribution in [0.15, 0.2) is 22.8 Å². The topological polar surface area (TPSA) is 94.5 Å². The maximum absolute atomic E-state index is 12.2. The number of carbonyl (C=O) groups is 2. The summed E-state index contributed by atoms with van der Waals surface area (Å²) in [5, 5.41) is 0.618. The summed E-state index contributed by atoms with van der Waals surface area (Å²) in [5.74, 6) is -0.612. The summed E-state index contributed by atoms with van der Waals surface area (Å²) in [6.45, 7) is 6.64. The maximum Gasteiger partial charge on any atom is 0.326 e. The Hall–Kier alpha value is -1.87. The van der Waals surface area contributed by atoms with Crippen LogP contribution in [0.4, 0.5) is 5.69 Å². The summed E-state index contributed by atoms with van der Waals surface area (Å²) in [7, 11) is -3.49. The lowest BCUT2D eigenvalue weighted by Crippen LogP contribution is -2.26. The zero-order chi connectivity index (χ0) is 19.9. The molecule has 1 aromatic heterocycles. The number of Topliss-reactive ketones (excluding diaryl/α,β-unsaturated/α-hetero) is 1. The molecule has 26 heavy (non-hydrogen) atoms. The van der Waals surface area contributed by atoms with E-state index in [1.54, 1.807) is 43.7 Å². The van der Waals surface area contributed by atoms with Crippen molar-refractivity contribution in [2.75, 3.05) is 11.0 Å². The lowest BCUT2D eigenvalue weighted by atomic mass is 10.1. The molecule has 1 N–H and O–H groups in total. The molecule has 0 aliphatic carbocycles. The van der Waals surface area contributed by atoms with Crippen LogP contribution in [-0.2, 0) is 26.1 Å². The number of aromatic nitrogens is 1. The molecule has 0 aliphatic heterocycles. The van der Waals surface area contributed by atoms with Gasteiger partial charge in [-0.3, -0.25) is 14.3 Å². The standard InChI is InChI=1S/C17H21BrN2O5S/c1-10(21)12-8-20(9-16(22)25-17(2,3)4)15-7-14(19-26(5,23)24)13(18)6-11(12)15/h6-8,19H,9H2,1-5H3. The molecule has 7 nitrogen and oxygen atoms in total. The van der Waals surface area contributed by atoms with Crippen molar-refractivity contribution in [2.24, 2.45) is 0 Å². The van der Waals surface area contributed by atoms with Crippen LogP contribution in [0.25, 0.3) is 10.9 Å². The Kier molecular flexibility index (Phi) is 5.53. The first kappa shape index (κ1) is 20.4. The molecule has 0 saturated carbocycles. The highest BCUT2D eigenvalue weighted by molar-refractivity contribution is 9.10. The first-order chi connectivity index (χ1) is 11.8. The fraction of sp³-hybridized carbons (Fsp3) is 0.412. The highest BCUT2D eigenvalue weighted by atomic mass is 79.9. The van der Waals surface area contributed by atoms with Gasteiger partial charge in [0.1, 0.15) is 12.1 Å². The van der Waals surface area contributed by atoms with E-state index in [1.165, 1.54) is 6.92 Å². The van der Waals surface area contributed by atoms with Crippen molar-refractivity contribution in [3.8, 4) is 0 Å². The molecule has 0 amide bonds. The molecular weight excluding hydrogens is 424 g/mol. The van der Waals surface area contributed by atoms with Gasteiger partial charge in [-0.2, -0.15) is 0 Å². The van der Waals surface area contributed by atoms with Crippen molar-refractivity contribution in [2.45, 2.75) is 39.8 Å². The van der Waals surface area contributed by atoms with Gasteiger partial charge in [0.15, 0.2) is 5.78 Å². The fourth-order valence-corrected chi connectivity index (χ4v) is 3.65. The van der Waals surface area contributed by atoms with Crippen LogP contribution in [0.3, 0.4) is 0 Å². The summed E-state index contributed by atoms with van der Waals surface area (Å²) < 4.78 is 32.9. The van der Waals surface area contributed by atoms with E-state index in [0.29, 0.717) is 26.6 Å². The van der Waals surface area contributed by atoms with E-state index in [-0.39, 0.29) is 12.3 Å². The Morgan fingerprint density at radius 1 is 1.27 bits per heavy atom. The minimum Gasteiger partial charge on any atom is -0.459 e. The predicted octanol–water partition coefficient (Wildman–Crippen LogP) is 3.32. The number of nitrogens with zero attached hydrogens (tertiary/aromatic N) is 1. The van der Waals surface area contributed by atoms with Crippen LogP contribution in [-0.4, -0.2) is 36.6 Å². The number of hydrogen-bond donors (Lipinski definition) is 1. The third-order valence-corrected chi connectivity index (χ3v) is 4.61. The normalized spacial score (nSPS) is 12.2. The first-order valence-corrected chi connectivity index (χ1v) is 10.5. The van der Waals surface area contributed by atoms with Crippen LogP contribution in [0.5, 0.6) is 0 Å². The third kappa shape index (κ3) is 5.07. The first-order valence-electron chi connectivity index (χ1n) is 7.80. The molecule has 9 heteroatoms. The molecule has 0 atom stereocenters.